The van der Waals surface area contributed by atoms with E-state index >= 15 is 0 Å². The fraction of sp³-hybridized carbons (Fsp3) is 0.538. The van der Waals surface area contributed by atoms with E-state index in [0.29, 0.717) is 13.2 Å². The zero-order valence-corrected chi connectivity index (χ0v) is 11.7. The maximum Gasteiger partial charge on any atom is 0.272 e. The lowest BCUT2D eigenvalue weighted by Gasteiger charge is -2.28. The SMILES string of the molecule is COCCN(C(=O)c1cccc(F)n1)C1CCSC1. The Kier molecular flexibility index (Phi) is 5.15. The van der Waals surface area contributed by atoms with Gasteiger partial charge in [-0.1, -0.05) is 6.07 Å². The number of nitrogens with zero attached hydrogens (tertiary/aromatic N) is 2. The number of pyridine rings is 1. The number of carbonyl (C=O) groups excluding carboxylic acids is 1. The van der Waals surface area contributed by atoms with Crippen molar-refractivity contribution in [3.05, 3.63) is 29.8 Å². The third-order valence-corrected chi connectivity index (χ3v) is 4.22. The Hall–Kier alpha value is -1.14. The summed E-state index contributed by atoms with van der Waals surface area (Å²) >= 11 is 1.83. The molecule has 0 aromatic carbocycles. The Balaban J connectivity index is 2.14. The number of hydrogen-bond acceptors (Lipinski definition) is 4. The van der Waals surface area contributed by atoms with Crippen LogP contribution in [0.1, 0.15) is 16.9 Å². The van der Waals surface area contributed by atoms with Crippen LogP contribution in [0.4, 0.5) is 4.39 Å². The molecule has 2 rings (SSSR count). The van der Waals surface area contributed by atoms with Gasteiger partial charge < -0.3 is 9.64 Å². The van der Waals surface area contributed by atoms with E-state index in [-0.39, 0.29) is 17.6 Å². The van der Waals surface area contributed by atoms with Crippen LogP contribution in [-0.2, 0) is 4.74 Å². The molecule has 1 aromatic heterocycles. The highest BCUT2D eigenvalue weighted by molar-refractivity contribution is 7.99. The Morgan fingerprint density at radius 3 is 3.11 bits per heavy atom. The van der Waals surface area contributed by atoms with Crippen LogP contribution in [0.2, 0.25) is 0 Å². The summed E-state index contributed by atoms with van der Waals surface area (Å²) in [6.07, 6.45) is 0.968. The van der Waals surface area contributed by atoms with E-state index in [2.05, 4.69) is 4.98 Å². The maximum absolute atomic E-state index is 13.1. The molecule has 1 fully saturated rings. The Bertz CT molecular complexity index is 438. The van der Waals surface area contributed by atoms with Crippen LogP contribution in [-0.4, -0.2) is 53.6 Å². The summed E-state index contributed by atoms with van der Waals surface area (Å²) in [4.78, 5) is 17.8. The van der Waals surface area contributed by atoms with Crippen molar-refractivity contribution in [2.45, 2.75) is 12.5 Å². The molecule has 1 aliphatic rings. The molecule has 0 bridgehead atoms. The van der Waals surface area contributed by atoms with Crippen molar-refractivity contribution < 1.29 is 13.9 Å². The molecule has 1 amide bonds. The number of amides is 1. The number of rotatable bonds is 5. The lowest BCUT2D eigenvalue weighted by Crippen LogP contribution is -2.42. The standard InChI is InChI=1S/C13H17FN2O2S/c1-18-7-6-16(10-5-8-19-9-10)13(17)11-3-2-4-12(14)15-11/h2-4,10H,5-9H2,1H3. The Morgan fingerprint density at radius 1 is 1.63 bits per heavy atom. The Labute approximate surface area is 116 Å². The van der Waals surface area contributed by atoms with Gasteiger partial charge in [-0.15, -0.1) is 0 Å². The molecule has 1 unspecified atom stereocenters. The largest absolute Gasteiger partial charge is 0.383 e. The van der Waals surface area contributed by atoms with Gasteiger partial charge >= 0.3 is 0 Å². The number of carbonyl (C=O) groups is 1. The molecule has 1 aromatic rings. The molecule has 0 N–H and O–H groups in total. The van der Waals surface area contributed by atoms with Crippen molar-refractivity contribution in [2.24, 2.45) is 0 Å². The van der Waals surface area contributed by atoms with Gasteiger partial charge in [0.25, 0.3) is 5.91 Å². The predicted octanol–water partition coefficient (Wildman–Crippen LogP) is 1.81. The van der Waals surface area contributed by atoms with Gasteiger partial charge in [0, 0.05) is 25.4 Å². The topological polar surface area (TPSA) is 42.4 Å². The van der Waals surface area contributed by atoms with Gasteiger partial charge in [-0.2, -0.15) is 16.2 Å². The van der Waals surface area contributed by atoms with E-state index in [4.69, 9.17) is 4.74 Å². The number of thioether (sulfide) groups is 1. The quantitative estimate of drug-likeness (QED) is 0.774. The van der Waals surface area contributed by atoms with Crippen LogP contribution in [0.25, 0.3) is 0 Å². The van der Waals surface area contributed by atoms with Crippen molar-refractivity contribution >= 4 is 17.7 Å². The zero-order valence-electron chi connectivity index (χ0n) is 10.8. The first-order valence-electron chi connectivity index (χ1n) is 6.22. The van der Waals surface area contributed by atoms with Crippen LogP contribution in [0.15, 0.2) is 18.2 Å². The monoisotopic (exact) mass is 284 g/mol. The molecule has 1 saturated heterocycles. The first kappa shape index (κ1) is 14.3. The van der Waals surface area contributed by atoms with E-state index in [1.54, 1.807) is 18.1 Å². The minimum Gasteiger partial charge on any atom is -0.383 e. The highest BCUT2D eigenvalue weighted by atomic mass is 32.2. The van der Waals surface area contributed by atoms with E-state index in [0.717, 1.165) is 17.9 Å². The molecule has 104 valence electrons. The second kappa shape index (κ2) is 6.86. The summed E-state index contributed by atoms with van der Waals surface area (Å²) in [7, 11) is 1.60. The predicted molar refractivity (Wildman–Crippen MR) is 72.8 cm³/mol. The van der Waals surface area contributed by atoms with Crippen LogP contribution in [0.5, 0.6) is 0 Å². The van der Waals surface area contributed by atoms with Crippen molar-refractivity contribution in [2.75, 3.05) is 31.8 Å². The number of ether oxygens (including phenoxy) is 1. The average Bonchev–Trinajstić information content (AvgIpc) is 2.93. The third kappa shape index (κ3) is 3.67. The van der Waals surface area contributed by atoms with Gasteiger partial charge in [0.2, 0.25) is 5.95 Å². The molecular formula is C13H17FN2O2S. The van der Waals surface area contributed by atoms with Crippen molar-refractivity contribution in [1.82, 2.24) is 9.88 Å². The summed E-state index contributed by atoms with van der Waals surface area (Å²) in [5, 5.41) is 0. The van der Waals surface area contributed by atoms with E-state index < -0.39 is 5.95 Å². The second-order valence-corrected chi connectivity index (χ2v) is 5.50. The molecular weight excluding hydrogens is 267 g/mol. The molecule has 1 aliphatic heterocycles. The van der Waals surface area contributed by atoms with E-state index in [1.807, 2.05) is 11.8 Å². The highest BCUT2D eigenvalue weighted by Crippen LogP contribution is 2.23. The van der Waals surface area contributed by atoms with Crippen LogP contribution in [0, 0.1) is 5.95 Å². The van der Waals surface area contributed by atoms with E-state index in [1.165, 1.54) is 12.1 Å². The number of aromatic nitrogens is 1. The van der Waals surface area contributed by atoms with Gasteiger partial charge in [0.05, 0.1) is 6.61 Å². The molecule has 0 radical (unpaired) electrons. The molecule has 19 heavy (non-hydrogen) atoms. The van der Waals surface area contributed by atoms with Crippen LogP contribution in [0.3, 0.4) is 0 Å². The van der Waals surface area contributed by atoms with Gasteiger partial charge in [-0.05, 0) is 24.3 Å². The van der Waals surface area contributed by atoms with Crippen molar-refractivity contribution in [3.8, 4) is 0 Å². The molecule has 6 heteroatoms. The fourth-order valence-electron chi connectivity index (χ4n) is 2.08. The fourth-order valence-corrected chi connectivity index (χ4v) is 3.31. The minimum atomic E-state index is -0.627. The van der Waals surface area contributed by atoms with Crippen molar-refractivity contribution in [1.29, 1.82) is 0 Å². The van der Waals surface area contributed by atoms with Gasteiger partial charge in [0.15, 0.2) is 0 Å². The molecule has 0 aliphatic carbocycles. The average molecular weight is 284 g/mol. The summed E-state index contributed by atoms with van der Waals surface area (Å²) in [6.45, 7) is 0.987. The Morgan fingerprint density at radius 2 is 2.47 bits per heavy atom. The highest BCUT2D eigenvalue weighted by Gasteiger charge is 2.28. The molecule has 4 nitrogen and oxygen atoms in total. The maximum atomic E-state index is 13.1. The second-order valence-electron chi connectivity index (χ2n) is 4.35. The van der Waals surface area contributed by atoms with Crippen molar-refractivity contribution in [3.63, 3.8) is 0 Å². The number of methoxy groups -OCH3 is 1. The number of hydrogen-bond donors (Lipinski definition) is 0. The normalized spacial score (nSPS) is 18.5. The molecule has 2 heterocycles. The number of halogens is 1. The molecule has 0 saturated carbocycles. The van der Waals surface area contributed by atoms with Gasteiger partial charge in [0.1, 0.15) is 5.69 Å². The van der Waals surface area contributed by atoms with Gasteiger partial charge in [-0.3, -0.25) is 4.79 Å². The van der Waals surface area contributed by atoms with Crippen LogP contribution >= 0.6 is 11.8 Å². The minimum absolute atomic E-state index is 0.160. The van der Waals surface area contributed by atoms with Crippen LogP contribution < -0.4 is 0 Å². The zero-order chi connectivity index (χ0) is 13.7. The summed E-state index contributed by atoms with van der Waals surface area (Å²) < 4.78 is 18.2. The molecule has 1 atom stereocenters. The summed E-state index contributed by atoms with van der Waals surface area (Å²) in [5.74, 6) is 1.13. The first-order valence-corrected chi connectivity index (χ1v) is 7.38. The van der Waals surface area contributed by atoms with E-state index in [9.17, 15) is 9.18 Å². The summed E-state index contributed by atoms with van der Waals surface area (Å²) in [5.41, 5.74) is 0.160. The lowest BCUT2D eigenvalue weighted by atomic mass is 10.2. The third-order valence-electron chi connectivity index (χ3n) is 3.08. The lowest BCUT2D eigenvalue weighted by molar-refractivity contribution is 0.0617. The molecule has 0 spiro atoms. The van der Waals surface area contributed by atoms with Gasteiger partial charge in [-0.25, -0.2) is 4.98 Å². The summed E-state index contributed by atoms with van der Waals surface area (Å²) in [6, 6.07) is 4.49. The first-order chi connectivity index (χ1) is 9.22. The smallest absolute Gasteiger partial charge is 0.272 e.